The molecule has 106 valence electrons. The summed E-state index contributed by atoms with van der Waals surface area (Å²) in [5.41, 5.74) is 6.60. The van der Waals surface area contributed by atoms with E-state index >= 15 is 0 Å². The number of thiazole rings is 1. The fraction of sp³-hybridized carbons (Fsp3) is 0.133. The topological polar surface area (TPSA) is 89.0 Å². The quantitative estimate of drug-likeness (QED) is 0.678. The molecule has 0 radical (unpaired) electrons. The third-order valence-corrected chi connectivity index (χ3v) is 3.45. The molecule has 1 aromatic carbocycles. The summed E-state index contributed by atoms with van der Waals surface area (Å²) < 4.78 is 5.61. The molecule has 0 aliphatic heterocycles. The van der Waals surface area contributed by atoms with Crippen LogP contribution in [0.3, 0.4) is 0 Å². The van der Waals surface area contributed by atoms with Crippen LogP contribution in [-0.4, -0.2) is 10.9 Å². The summed E-state index contributed by atoms with van der Waals surface area (Å²) in [5, 5.41) is 11.7. The number of rotatable bonds is 5. The number of aromatic nitrogens is 1. The Labute approximate surface area is 126 Å². The molecule has 0 spiro atoms. The first-order valence-corrected chi connectivity index (χ1v) is 7.02. The minimum atomic E-state index is -0.739. The maximum Gasteiger partial charge on any atom is 0.259 e. The van der Waals surface area contributed by atoms with Crippen LogP contribution >= 0.6 is 11.3 Å². The molecule has 0 unspecified atom stereocenters. The van der Waals surface area contributed by atoms with E-state index in [4.69, 9.17) is 15.7 Å². The smallest absolute Gasteiger partial charge is 0.259 e. The molecule has 0 bridgehead atoms. The molecule has 21 heavy (non-hydrogen) atoms. The Balaban J connectivity index is 2.02. The number of nitrogens with two attached hydrogens (primary N) is 1. The highest BCUT2D eigenvalue weighted by Gasteiger charge is 2.04. The highest BCUT2D eigenvalue weighted by Crippen LogP contribution is 2.17. The zero-order chi connectivity index (χ0) is 15.2. The van der Waals surface area contributed by atoms with Gasteiger partial charge < -0.3 is 10.5 Å². The van der Waals surface area contributed by atoms with Crippen molar-refractivity contribution in [1.29, 1.82) is 5.26 Å². The SMILES string of the molecule is Cc1nc(COc2ccc(/C=C(\C#N)C(N)=O)cc2)cs1. The fourth-order valence-corrected chi connectivity index (χ4v) is 2.21. The average molecular weight is 299 g/mol. The Kier molecular flexibility index (Phi) is 4.69. The molecular weight excluding hydrogens is 286 g/mol. The summed E-state index contributed by atoms with van der Waals surface area (Å²) in [7, 11) is 0. The van der Waals surface area contributed by atoms with Crippen LogP contribution in [0.5, 0.6) is 5.75 Å². The zero-order valence-electron chi connectivity index (χ0n) is 11.4. The van der Waals surface area contributed by atoms with Crippen molar-refractivity contribution >= 4 is 23.3 Å². The van der Waals surface area contributed by atoms with Gasteiger partial charge in [-0.1, -0.05) is 12.1 Å². The Hall–Kier alpha value is -2.65. The molecule has 0 aliphatic carbocycles. The van der Waals surface area contributed by atoms with Crippen molar-refractivity contribution in [3.05, 3.63) is 51.5 Å². The summed E-state index contributed by atoms with van der Waals surface area (Å²) in [6.07, 6.45) is 1.44. The van der Waals surface area contributed by atoms with Gasteiger partial charge in [0.2, 0.25) is 0 Å². The molecule has 5 nitrogen and oxygen atoms in total. The Morgan fingerprint density at radius 2 is 2.19 bits per heavy atom. The summed E-state index contributed by atoms with van der Waals surface area (Å²) in [6.45, 7) is 2.35. The van der Waals surface area contributed by atoms with Gasteiger partial charge in [0.1, 0.15) is 24.0 Å². The van der Waals surface area contributed by atoms with Crippen molar-refractivity contribution in [2.75, 3.05) is 0 Å². The number of benzene rings is 1. The van der Waals surface area contributed by atoms with Crippen molar-refractivity contribution in [2.24, 2.45) is 5.73 Å². The first kappa shape index (κ1) is 14.8. The van der Waals surface area contributed by atoms with E-state index in [0.29, 0.717) is 17.9 Å². The van der Waals surface area contributed by atoms with Gasteiger partial charge in [-0.3, -0.25) is 4.79 Å². The monoisotopic (exact) mass is 299 g/mol. The third-order valence-electron chi connectivity index (χ3n) is 2.63. The van der Waals surface area contributed by atoms with Gasteiger partial charge in [0.25, 0.3) is 5.91 Å². The van der Waals surface area contributed by atoms with E-state index in [-0.39, 0.29) is 5.57 Å². The van der Waals surface area contributed by atoms with Crippen LogP contribution in [0.2, 0.25) is 0 Å². The molecule has 2 rings (SSSR count). The summed E-state index contributed by atoms with van der Waals surface area (Å²) >= 11 is 1.58. The van der Waals surface area contributed by atoms with Gasteiger partial charge in [-0.15, -0.1) is 11.3 Å². The molecule has 0 saturated carbocycles. The number of carbonyl (C=O) groups excluding carboxylic acids is 1. The number of nitriles is 1. The summed E-state index contributed by atoms with van der Waals surface area (Å²) in [5.74, 6) is -0.0490. The van der Waals surface area contributed by atoms with Gasteiger partial charge in [0.05, 0.1) is 10.7 Å². The van der Waals surface area contributed by atoms with Crippen molar-refractivity contribution in [1.82, 2.24) is 4.98 Å². The van der Waals surface area contributed by atoms with Gasteiger partial charge in [-0.25, -0.2) is 4.98 Å². The largest absolute Gasteiger partial charge is 0.487 e. The minimum Gasteiger partial charge on any atom is -0.487 e. The molecular formula is C15H13N3O2S. The lowest BCUT2D eigenvalue weighted by Gasteiger charge is -2.04. The maximum atomic E-state index is 11.0. The molecule has 2 N–H and O–H groups in total. The van der Waals surface area contributed by atoms with Gasteiger partial charge in [-0.2, -0.15) is 5.26 Å². The minimum absolute atomic E-state index is 0.0818. The lowest BCUT2D eigenvalue weighted by Crippen LogP contribution is -2.12. The lowest BCUT2D eigenvalue weighted by molar-refractivity contribution is -0.114. The van der Waals surface area contributed by atoms with Crippen molar-refractivity contribution in [2.45, 2.75) is 13.5 Å². The summed E-state index contributed by atoms with van der Waals surface area (Å²) in [6, 6.07) is 8.80. The van der Waals surface area contributed by atoms with E-state index < -0.39 is 5.91 Å². The van der Waals surface area contributed by atoms with E-state index in [9.17, 15) is 4.79 Å². The third kappa shape index (κ3) is 4.16. The van der Waals surface area contributed by atoms with E-state index in [1.165, 1.54) is 6.08 Å². The second kappa shape index (κ2) is 6.68. The second-order valence-electron chi connectivity index (χ2n) is 4.25. The molecule has 0 fully saturated rings. The van der Waals surface area contributed by atoms with Crippen LogP contribution in [0.4, 0.5) is 0 Å². The molecule has 1 heterocycles. The van der Waals surface area contributed by atoms with Crippen LogP contribution in [0.15, 0.2) is 35.2 Å². The lowest BCUT2D eigenvalue weighted by atomic mass is 10.1. The van der Waals surface area contributed by atoms with Crippen molar-refractivity contribution in [3.8, 4) is 11.8 Å². The second-order valence-corrected chi connectivity index (χ2v) is 5.31. The molecule has 0 aliphatic rings. The number of nitrogens with zero attached hydrogens (tertiary/aromatic N) is 2. The standard InChI is InChI=1S/C15H13N3O2S/c1-10-18-13(9-21-10)8-20-14-4-2-11(3-5-14)6-12(7-16)15(17)19/h2-6,9H,8H2,1H3,(H2,17,19)/b12-6+. The van der Waals surface area contributed by atoms with E-state index in [0.717, 1.165) is 10.7 Å². The number of ether oxygens (including phenoxy) is 1. The number of amides is 1. The molecule has 1 aromatic heterocycles. The van der Waals surface area contributed by atoms with E-state index in [1.807, 2.05) is 12.3 Å². The van der Waals surface area contributed by atoms with Gasteiger partial charge in [0.15, 0.2) is 0 Å². The predicted molar refractivity (Wildman–Crippen MR) is 80.4 cm³/mol. The first-order valence-electron chi connectivity index (χ1n) is 6.14. The van der Waals surface area contributed by atoms with Crippen LogP contribution in [0, 0.1) is 18.3 Å². The van der Waals surface area contributed by atoms with Crippen LogP contribution < -0.4 is 10.5 Å². The van der Waals surface area contributed by atoms with Crippen molar-refractivity contribution < 1.29 is 9.53 Å². The van der Waals surface area contributed by atoms with Crippen LogP contribution in [-0.2, 0) is 11.4 Å². The van der Waals surface area contributed by atoms with E-state index in [1.54, 1.807) is 41.7 Å². The highest BCUT2D eigenvalue weighted by molar-refractivity contribution is 7.09. The molecule has 0 atom stereocenters. The van der Waals surface area contributed by atoms with E-state index in [2.05, 4.69) is 4.98 Å². The van der Waals surface area contributed by atoms with Gasteiger partial charge in [-0.05, 0) is 30.7 Å². The Bertz CT molecular complexity index is 711. The summed E-state index contributed by atoms with van der Waals surface area (Å²) in [4.78, 5) is 15.3. The Morgan fingerprint density at radius 1 is 1.48 bits per heavy atom. The first-order chi connectivity index (χ1) is 10.1. The van der Waals surface area contributed by atoms with Gasteiger partial charge in [0, 0.05) is 5.38 Å². The van der Waals surface area contributed by atoms with Crippen molar-refractivity contribution in [3.63, 3.8) is 0 Å². The predicted octanol–water partition coefficient (Wildman–Crippen LogP) is 2.42. The average Bonchev–Trinajstić information content (AvgIpc) is 2.89. The molecule has 1 amide bonds. The molecule has 0 saturated heterocycles. The number of hydrogen-bond acceptors (Lipinski definition) is 5. The number of carbonyl (C=O) groups is 1. The highest BCUT2D eigenvalue weighted by atomic mass is 32.1. The fourth-order valence-electron chi connectivity index (χ4n) is 1.62. The van der Waals surface area contributed by atoms with Crippen LogP contribution in [0.1, 0.15) is 16.3 Å². The Morgan fingerprint density at radius 3 is 2.71 bits per heavy atom. The normalized spacial score (nSPS) is 11.0. The van der Waals surface area contributed by atoms with Crippen LogP contribution in [0.25, 0.3) is 6.08 Å². The number of aryl methyl sites for hydroxylation is 1. The number of primary amides is 1. The van der Waals surface area contributed by atoms with Gasteiger partial charge >= 0.3 is 0 Å². The zero-order valence-corrected chi connectivity index (χ0v) is 12.2. The molecule has 2 aromatic rings. The molecule has 6 heteroatoms. The maximum absolute atomic E-state index is 11.0. The number of hydrogen-bond donors (Lipinski definition) is 1.